The predicted octanol–water partition coefficient (Wildman–Crippen LogP) is 4.49. The molecule has 116 valence electrons. The van der Waals surface area contributed by atoms with E-state index in [-0.39, 0.29) is 11.6 Å². The number of anilines is 3. The number of nitrogens with zero attached hydrogens (tertiary/aromatic N) is 1. The molecule has 0 aliphatic heterocycles. The van der Waals surface area contributed by atoms with Gasteiger partial charge >= 0.3 is 0 Å². The molecule has 3 rings (SSSR count). The van der Waals surface area contributed by atoms with Crippen LogP contribution in [0.15, 0.2) is 48.5 Å². The minimum absolute atomic E-state index is 0.140. The van der Waals surface area contributed by atoms with Crippen LogP contribution in [0.3, 0.4) is 0 Å². The Labute approximate surface area is 140 Å². The molecule has 0 aliphatic carbocycles. The van der Waals surface area contributed by atoms with Crippen molar-refractivity contribution in [1.82, 2.24) is 4.98 Å². The van der Waals surface area contributed by atoms with Crippen LogP contribution in [0.2, 0.25) is 5.02 Å². The number of carbonyl (C=O) groups excluding carboxylic acids is 1. The number of hydrogen-bond donors (Lipinski definition) is 2. The van der Waals surface area contributed by atoms with Gasteiger partial charge in [-0.15, -0.1) is 0 Å². The largest absolute Gasteiger partial charge is 0.382 e. The third-order valence-corrected chi connectivity index (χ3v) is 4.30. The van der Waals surface area contributed by atoms with Crippen molar-refractivity contribution in [2.75, 3.05) is 11.1 Å². The molecule has 1 heterocycles. The molecule has 0 aliphatic rings. The highest BCUT2D eigenvalue weighted by molar-refractivity contribution is 7.18. The van der Waals surface area contributed by atoms with E-state index in [9.17, 15) is 9.18 Å². The molecule has 0 saturated carbocycles. The van der Waals surface area contributed by atoms with Gasteiger partial charge in [0.15, 0.2) is 5.13 Å². The van der Waals surface area contributed by atoms with Crippen molar-refractivity contribution in [3.05, 3.63) is 69.8 Å². The molecule has 7 heteroatoms. The number of nitrogen functional groups attached to an aromatic ring is 1. The summed E-state index contributed by atoms with van der Waals surface area (Å²) in [5.74, 6) is -0.547. The predicted molar refractivity (Wildman–Crippen MR) is 91.1 cm³/mol. The average molecular weight is 348 g/mol. The van der Waals surface area contributed by atoms with Crippen LogP contribution in [0.25, 0.3) is 0 Å². The topological polar surface area (TPSA) is 68.0 Å². The molecule has 23 heavy (non-hydrogen) atoms. The van der Waals surface area contributed by atoms with E-state index in [0.717, 1.165) is 17.0 Å². The molecular formula is C16H11ClFN3OS. The van der Waals surface area contributed by atoms with Gasteiger partial charge in [0.05, 0.1) is 0 Å². The summed E-state index contributed by atoms with van der Waals surface area (Å²) >= 11 is 6.97. The Balaban J connectivity index is 1.84. The van der Waals surface area contributed by atoms with E-state index in [2.05, 4.69) is 10.3 Å². The lowest BCUT2D eigenvalue weighted by Gasteiger charge is -2.01. The fraction of sp³-hybridized carbons (Fsp3) is 0. The number of aromatic nitrogens is 1. The number of rotatable bonds is 4. The summed E-state index contributed by atoms with van der Waals surface area (Å²) in [5, 5.41) is 4.19. The van der Waals surface area contributed by atoms with E-state index in [1.807, 2.05) is 0 Å². The Hall–Kier alpha value is -2.44. The van der Waals surface area contributed by atoms with Crippen molar-refractivity contribution in [1.29, 1.82) is 0 Å². The fourth-order valence-corrected chi connectivity index (χ4v) is 2.93. The summed E-state index contributed by atoms with van der Waals surface area (Å²) < 4.78 is 12.9. The summed E-state index contributed by atoms with van der Waals surface area (Å²) in [5.41, 5.74) is 6.97. The van der Waals surface area contributed by atoms with Crippen molar-refractivity contribution in [3.8, 4) is 0 Å². The first kappa shape index (κ1) is 15.5. The second-order valence-corrected chi connectivity index (χ2v) is 6.14. The maximum absolute atomic E-state index is 12.9. The first-order valence-electron chi connectivity index (χ1n) is 6.62. The van der Waals surface area contributed by atoms with Gasteiger partial charge in [0.1, 0.15) is 16.5 Å². The van der Waals surface area contributed by atoms with Gasteiger partial charge in [-0.2, -0.15) is 0 Å². The van der Waals surface area contributed by atoms with Crippen LogP contribution in [0.5, 0.6) is 0 Å². The molecule has 0 bridgehead atoms. The second kappa shape index (κ2) is 6.36. The van der Waals surface area contributed by atoms with E-state index >= 15 is 0 Å². The van der Waals surface area contributed by atoms with E-state index in [1.54, 1.807) is 24.3 Å². The van der Waals surface area contributed by atoms with Crippen LogP contribution in [0.4, 0.5) is 21.0 Å². The number of hydrogen-bond acceptors (Lipinski definition) is 5. The van der Waals surface area contributed by atoms with Gasteiger partial charge in [-0.3, -0.25) is 4.79 Å². The zero-order chi connectivity index (χ0) is 16.4. The third-order valence-electron chi connectivity index (χ3n) is 3.06. The standard InChI is InChI=1S/C16H11ClFN3OS/c17-10-3-7-12(8-4-10)20-16-21-15(19)14(23-16)13(22)9-1-5-11(18)6-2-9/h1-8H,19H2,(H,20,21). The zero-order valence-electron chi connectivity index (χ0n) is 11.7. The highest BCUT2D eigenvalue weighted by Crippen LogP contribution is 2.30. The lowest BCUT2D eigenvalue weighted by molar-refractivity contribution is 0.104. The minimum atomic E-state index is -0.399. The van der Waals surface area contributed by atoms with E-state index in [1.165, 1.54) is 24.3 Å². The number of benzene rings is 2. The summed E-state index contributed by atoms with van der Waals surface area (Å²) in [7, 11) is 0. The van der Waals surface area contributed by atoms with Gasteiger partial charge < -0.3 is 11.1 Å². The SMILES string of the molecule is Nc1nc(Nc2ccc(Cl)cc2)sc1C(=O)c1ccc(F)cc1. The van der Waals surface area contributed by atoms with E-state index in [4.69, 9.17) is 17.3 Å². The Morgan fingerprint density at radius 2 is 1.78 bits per heavy atom. The van der Waals surface area contributed by atoms with Crippen LogP contribution < -0.4 is 11.1 Å². The number of ketones is 1. The first-order chi connectivity index (χ1) is 11.0. The Morgan fingerprint density at radius 1 is 1.13 bits per heavy atom. The van der Waals surface area contributed by atoms with Gasteiger partial charge in [0.25, 0.3) is 0 Å². The average Bonchev–Trinajstić information content (AvgIpc) is 2.90. The van der Waals surface area contributed by atoms with Crippen molar-refractivity contribution < 1.29 is 9.18 Å². The quantitative estimate of drug-likeness (QED) is 0.682. The molecule has 0 unspecified atom stereocenters. The van der Waals surface area contributed by atoms with Gasteiger partial charge in [0, 0.05) is 16.3 Å². The maximum atomic E-state index is 12.9. The maximum Gasteiger partial charge on any atom is 0.206 e. The van der Waals surface area contributed by atoms with Crippen LogP contribution >= 0.6 is 22.9 Å². The lowest BCUT2D eigenvalue weighted by atomic mass is 10.1. The molecule has 1 aromatic heterocycles. The van der Waals surface area contributed by atoms with Crippen LogP contribution in [-0.2, 0) is 0 Å². The van der Waals surface area contributed by atoms with E-state index in [0.29, 0.717) is 20.6 Å². The molecule has 2 aromatic carbocycles. The van der Waals surface area contributed by atoms with Crippen molar-refractivity contribution >= 4 is 45.4 Å². The first-order valence-corrected chi connectivity index (χ1v) is 7.81. The van der Waals surface area contributed by atoms with E-state index < -0.39 is 5.82 Å². The Bertz CT molecular complexity index is 847. The molecule has 0 saturated heterocycles. The molecule has 3 N–H and O–H groups in total. The number of thiazole rings is 1. The number of nitrogens with two attached hydrogens (primary N) is 1. The fourth-order valence-electron chi connectivity index (χ4n) is 1.94. The van der Waals surface area contributed by atoms with Crippen LogP contribution in [0.1, 0.15) is 15.2 Å². The molecule has 3 aromatic rings. The number of carbonyl (C=O) groups is 1. The monoisotopic (exact) mass is 347 g/mol. The third kappa shape index (κ3) is 3.49. The highest BCUT2D eigenvalue weighted by atomic mass is 35.5. The molecule has 4 nitrogen and oxygen atoms in total. The molecule has 0 atom stereocenters. The minimum Gasteiger partial charge on any atom is -0.382 e. The Morgan fingerprint density at radius 3 is 2.43 bits per heavy atom. The van der Waals surface area contributed by atoms with Crippen molar-refractivity contribution in [3.63, 3.8) is 0 Å². The van der Waals surface area contributed by atoms with Gasteiger partial charge in [-0.05, 0) is 48.5 Å². The normalized spacial score (nSPS) is 10.5. The van der Waals surface area contributed by atoms with Crippen molar-refractivity contribution in [2.24, 2.45) is 0 Å². The van der Waals surface area contributed by atoms with Crippen LogP contribution in [-0.4, -0.2) is 10.8 Å². The molecule has 0 amide bonds. The van der Waals surface area contributed by atoms with Crippen LogP contribution in [0, 0.1) is 5.82 Å². The zero-order valence-corrected chi connectivity index (χ0v) is 13.3. The second-order valence-electron chi connectivity index (χ2n) is 4.70. The molecule has 0 spiro atoms. The Kier molecular flexibility index (Phi) is 4.27. The molecule has 0 fully saturated rings. The summed E-state index contributed by atoms with van der Waals surface area (Å²) in [6, 6.07) is 12.4. The van der Waals surface area contributed by atoms with Gasteiger partial charge in [-0.25, -0.2) is 9.37 Å². The van der Waals surface area contributed by atoms with Gasteiger partial charge in [0.2, 0.25) is 5.78 Å². The van der Waals surface area contributed by atoms with Crippen molar-refractivity contribution in [2.45, 2.75) is 0 Å². The molecular weight excluding hydrogens is 337 g/mol. The summed E-state index contributed by atoms with van der Waals surface area (Å²) in [6.07, 6.45) is 0. The number of nitrogens with one attached hydrogen (secondary N) is 1. The molecule has 0 radical (unpaired) electrons. The summed E-state index contributed by atoms with van der Waals surface area (Å²) in [4.78, 5) is 16.9. The lowest BCUT2D eigenvalue weighted by Crippen LogP contribution is -2.02. The number of halogens is 2. The summed E-state index contributed by atoms with van der Waals surface area (Å²) in [6.45, 7) is 0. The van der Waals surface area contributed by atoms with Gasteiger partial charge in [-0.1, -0.05) is 22.9 Å². The highest BCUT2D eigenvalue weighted by Gasteiger charge is 2.18. The smallest absolute Gasteiger partial charge is 0.206 e.